The zero-order valence-electron chi connectivity index (χ0n) is 16.2. The summed E-state index contributed by atoms with van der Waals surface area (Å²) in [6.45, 7) is 2.32. The van der Waals surface area contributed by atoms with Gasteiger partial charge in [-0.3, -0.25) is 9.59 Å². The lowest BCUT2D eigenvalue weighted by Gasteiger charge is -2.07. The van der Waals surface area contributed by atoms with Crippen molar-refractivity contribution in [2.75, 3.05) is 13.1 Å². The molecule has 0 bridgehead atoms. The smallest absolute Gasteiger partial charge is 0.256 e. The van der Waals surface area contributed by atoms with E-state index in [2.05, 4.69) is 15.7 Å². The zero-order valence-corrected chi connectivity index (χ0v) is 16.9. The van der Waals surface area contributed by atoms with Gasteiger partial charge in [-0.05, 0) is 55.8 Å². The van der Waals surface area contributed by atoms with E-state index in [1.807, 2.05) is 0 Å². The van der Waals surface area contributed by atoms with Crippen molar-refractivity contribution in [2.45, 2.75) is 13.3 Å². The minimum Gasteiger partial charge on any atom is -0.508 e. The number of hydrogen-bond acceptors (Lipinski definition) is 4. The van der Waals surface area contributed by atoms with E-state index >= 15 is 0 Å². The van der Waals surface area contributed by atoms with Crippen LogP contribution in [0.1, 0.15) is 32.8 Å². The van der Waals surface area contributed by atoms with Crippen LogP contribution in [0.3, 0.4) is 0 Å². The van der Waals surface area contributed by atoms with Gasteiger partial charge in [0.25, 0.3) is 11.8 Å². The molecule has 7 nitrogen and oxygen atoms in total. The maximum absolute atomic E-state index is 13.1. The van der Waals surface area contributed by atoms with E-state index in [0.29, 0.717) is 36.5 Å². The van der Waals surface area contributed by atoms with Crippen molar-refractivity contribution in [3.05, 3.63) is 76.3 Å². The topological polar surface area (TPSA) is 96.3 Å². The number of phenolic OH excluding ortho intramolecular Hbond substituents is 1. The van der Waals surface area contributed by atoms with E-state index in [9.17, 15) is 19.1 Å². The second-order valence-corrected chi connectivity index (χ2v) is 6.91. The van der Waals surface area contributed by atoms with Crippen LogP contribution in [0.15, 0.2) is 48.5 Å². The SMILES string of the molecule is Cc1nn(-c2ccc(F)cc2)c(Cl)c1C(=O)NCCCNC(=O)c1cccc(O)c1. The van der Waals surface area contributed by atoms with Crippen molar-refractivity contribution in [1.29, 1.82) is 0 Å². The number of amides is 2. The van der Waals surface area contributed by atoms with Gasteiger partial charge >= 0.3 is 0 Å². The van der Waals surface area contributed by atoms with Crippen LogP contribution in [-0.4, -0.2) is 39.8 Å². The average molecular weight is 431 g/mol. The lowest BCUT2D eigenvalue weighted by Crippen LogP contribution is -2.30. The van der Waals surface area contributed by atoms with Crippen molar-refractivity contribution < 1.29 is 19.1 Å². The number of aromatic hydroxyl groups is 1. The molecule has 0 spiro atoms. The fourth-order valence-electron chi connectivity index (χ4n) is 2.84. The molecule has 156 valence electrons. The van der Waals surface area contributed by atoms with Gasteiger partial charge < -0.3 is 15.7 Å². The normalized spacial score (nSPS) is 10.6. The van der Waals surface area contributed by atoms with Crippen LogP contribution < -0.4 is 10.6 Å². The van der Waals surface area contributed by atoms with Crippen molar-refractivity contribution in [3.8, 4) is 11.4 Å². The molecular formula is C21H20ClFN4O3. The highest BCUT2D eigenvalue weighted by Crippen LogP contribution is 2.23. The quantitative estimate of drug-likeness (QED) is 0.501. The van der Waals surface area contributed by atoms with Gasteiger partial charge in [0.05, 0.1) is 16.9 Å². The van der Waals surface area contributed by atoms with Crippen LogP contribution >= 0.6 is 11.6 Å². The summed E-state index contributed by atoms with van der Waals surface area (Å²) in [5.74, 6) is -1.06. The van der Waals surface area contributed by atoms with E-state index in [4.69, 9.17) is 11.6 Å². The van der Waals surface area contributed by atoms with Crippen molar-refractivity contribution in [1.82, 2.24) is 20.4 Å². The molecule has 1 heterocycles. The molecule has 3 rings (SSSR count). The molecule has 3 aromatic rings. The van der Waals surface area contributed by atoms with Gasteiger partial charge in [-0.25, -0.2) is 9.07 Å². The molecule has 0 atom stereocenters. The molecule has 2 amide bonds. The average Bonchev–Trinajstić information content (AvgIpc) is 3.02. The molecule has 30 heavy (non-hydrogen) atoms. The molecule has 0 aliphatic carbocycles. The Hall–Kier alpha value is -3.39. The highest BCUT2D eigenvalue weighted by molar-refractivity contribution is 6.33. The zero-order chi connectivity index (χ0) is 21.7. The van der Waals surface area contributed by atoms with Crippen LogP contribution in [0.25, 0.3) is 5.69 Å². The summed E-state index contributed by atoms with van der Waals surface area (Å²) in [6, 6.07) is 11.7. The Morgan fingerprint density at radius 3 is 2.43 bits per heavy atom. The van der Waals surface area contributed by atoms with E-state index in [1.54, 1.807) is 19.1 Å². The van der Waals surface area contributed by atoms with Crippen LogP contribution in [-0.2, 0) is 0 Å². The fourth-order valence-corrected chi connectivity index (χ4v) is 3.20. The second-order valence-electron chi connectivity index (χ2n) is 6.56. The molecule has 0 aliphatic rings. The van der Waals surface area contributed by atoms with E-state index in [0.717, 1.165) is 0 Å². The monoisotopic (exact) mass is 430 g/mol. The van der Waals surface area contributed by atoms with Crippen molar-refractivity contribution in [2.24, 2.45) is 0 Å². The van der Waals surface area contributed by atoms with E-state index in [-0.39, 0.29) is 34.1 Å². The number of hydrogen-bond donors (Lipinski definition) is 3. The summed E-state index contributed by atoms with van der Waals surface area (Å²) < 4.78 is 14.5. The third-order valence-corrected chi connectivity index (χ3v) is 4.68. The number of nitrogens with one attached hydrogen (secondary N) is 2. The van der Waals surface area contributed by atoms with Gasteiger partial charge in [0.1, 0.15) is 16.7 Å². The lowest BCUT2D eigenvalue weighted by atomic mass is 10.2. The second kappa shape index (κ2) is 9.41. The summed E-state index contributed by atoms with van der Waals surface area (Å²) in [7, 11) is 0. The molecule has 0 fully saturated rings. The Kier molecular flexibility index (Phi) is 6.68. The van der Waals surface area contributed by atoms with Crippen LogP contribution in [0.5, 0.6) is 5.75 Å². The third-order valence-electron chi connectivity index (χ3n) is 4.34. The number of phenols is 1. The Balaban J connectivity index is 1.53. The minimum absolute atomic E-state index is 0.0170. The molecule has 0 radical (unpaired) electrons. The molecular weight excluding hydrogens is 411 g/mol. The third kappa shape index (κ3) is 4.96. The first-order valence-corrected chi connectivity index (χ1v) is 9.61. The molecule has 3 N–H and O–H groups in total. The van der Waals surface area contributed by atoms with E-state index < -0.39 is 0 Å². The first-order chi connectivity index (χ1) is 14.4. The highest BCUT2D eigenvalue weighted by Gasteiger charge is 2.20. The first kappa shape index (κ1) is 21.3. The molecule has 2 aromatic carbocycles. The number of rotatable bonds is 7. The number of aryl methyl sites for hydroxylation is 1. The van der Waals surface area contributed by atoms with Gasteiger partial charge in [0, 0.05) is 18.7 Å². The Morgan fingerprint density at radius 1 is 1.10 bits per heavy atom. The fraction of sp³-hybridized carbons (Fsp3) is 0.190. The number of aromatic nitrogens is 2. The minimum atomic E-state index is -0.384. The van der Waals surface area contributed by atoms with Crippen molar-refractivity contribution >= 4 is 23.4 Å². The summed E-state index contributed by atoms with van der Waals surface area (Å²) in [6.07, 6.45) is 0.499. The van der Waals surface area contributed by atoms with Crippen LogP contribution in [0.4, 0.5) is 4.39 Å². The molecule has 1 aromatic heterocycles. The Labute approximate surface area is 177 Å². The van der Waals surface area contributed by atoms with Crippen LogP contribution in [0.2, 0.25) is 5.15 Å². The molecule has 0 aliphatic heterocycles. The van der Waals surface area contributed by atoms with Gasteiger partial charge in [-0.15, -0.1) is 0 Å². The Morgan fingerprint density at radius 2 is 1.77 bits per heavy atom. The van der Waals surface area contributed by atoms with Crippen molar-refractivity contribution in [3.63, 3.8) is 0 Å². The maximum atomic E-state index is 13.1. The number of benzene rings is 2. The summed E-state index contributed by atoms with van der Waals surface area (Å²) >= 11 is 6.33. The highest BCUT2D eigenvalue weighted by atomic mass is 35.5. The predicted octanol–water partition coefficient (Wildman–Crippen LogP) is 3.23. The number of halogens is 2. The van der Waals surface area contributed by atoms with Gasteiger partial charge in [-0.1, -0.05) is 17.7 Å². The summed E-state index contributed by atoms with van der Waals surface area (Å²) in [4.78, 5) is 24.5. The number of carbonyl (C=O) groups excluding carboxylic acids is 2. The molecule has 0 saturated heterocycles. The van der Waals surface area contributed by atoms with Gasteiger partial charge in [-0.2, -0.15) is 5.10 Å². The molecule has 0 unspecified atom stereocenters. The molecule has 9 heteroatoms. The number of nitrogens with zero attached hydrogens (tertiary/aromatic N) is 2. The lowest BCUT2D eigenvalue weighted by molar-refractivity contribution is 0.0951. The van der Waals surface area contributed by atoms with Crippen LogP contribution in [0, 0.1) is 12.7 Å². The maximum Gasteiger partial charge on any atom is 0.256 e. The summed E-state index contributed by atoms with van der Waals surface area (Å²) in [5.41, 5.74) is 1.58. The van der Waals surface area contributed by atoms with Gasteiger partial charge in [0.15, 0.2) is 0 Å². The Bertz CT molecular complexity index is 1070. The predicted molar refractivity (Wildman–Crippen MR) is 111 cm³/mol. The number of carbonyl (C=O) groups is 2. The standard InChI is InChI=1S/C21H20ClFN4O3/c1-13-18(19(22)27(26-13)16-8-6-15(23)7-9-16)21(30)25-11-3-10-24-20(29)14-4-2-5-17(28)12-14/h2,4-9,12,28H,3,10-11H2,1H3,(H,24,29)(H,25,30). The summed E-state index contributed by atoms with van der Waals surface area (Å²) in [5, 5.41) is 19.3. The molecule has 0 saturated carbocycles. The first-order valence-electron chi connectivity index (χ1n) is 9.23. The van der Waals surface area contributed by atoms with Gasteiger partial charge in [0.2, 0.25) is 0 Å². The van der Waals surface area contributed by atoms with E-state index in [1.165, 1.54) is 41.1 Å². The largest absolute Gasteiger partial charge is 0.508 e.